The van der Waals surface area contributed by atoms with E-state index in [4.69, 9.17) is 10.8 Å². The molecule has 0 saturated heterocycles. The van der Waals surface area contributed by atoms with Crippen LogP contribution in [0.15, 0.2) is 24.3 Å². The number of nitrogens with one attached hydrogen (secondary N) is 1. The molecule has 4 N–H and O–H groups in total. The monoisotopic (exact) mass is 224 g/mol. The van der Waals surface area contributed by atoms with E-state index in [0.29, 0.717) is 5.69 Å². The van der Waals surface area contributed by atoms with Gasteiger partial charge in [-0.05, 0) is 17.7 Å². The zero-order chi connectivity index (χ0) is 12.0. The van der Waals surface area contributed by atoms with Crippen molar-refractivity contribution in [2.45, 2.75) is 6.42 Å². The first-order valence-corrected chi connectivity index (χ1v) is 4.55. The van der Waals surface area contributed by atoms with E-state index in [2.05, 4.69) is 4.84 Å². The molecule has 1 amide bonds. The minimum absolute atomic E-state index is 0.0880. The third-order valence-corrected chi connectivity index (χ3v) is 1.70. The van der Waals surface area contributed by atoms with E-state index in [-0.39, 0.29) is 6.42 Å². The van der Waals surface area contributed by atoms with Gasteiger partial charge in [0.25, 0.3) is 0 Å². The number of hydroxylamine groups is 1. The molecule has 0 unspecified atom stereocenters. The lowest BCUT2D eigenvalue weighted by Gasteiger charge is -2.04. The predicted molar refractivity (Wildman–Crippen MR) is 56.3 cm³/mol. The van der Waals surface area contributed by atoms with Crippen LogP contribution in [0.5, 0.6) is 0 Å². The summed E-state index contributed by atoms with van der Waals surface area (Å²) in [6.45, 7) is -0.567. The minimum Gasteiger partial charge on any atom is -0.479 e. The Morgan fingerprint density at radius 2 is 2.19 bits per heavy atom. The first-order chi connectivity index (χ1) is 7.58. The first kappa shape index (κ1) is 12.0. The van der Waals surface area contributed by atoms with Crippen LogP contribution in [0.2, 0.25) is 0 Å². The van der Waals surface area contributed by atoms with Crippen molar-refractivity contribution in [3.63, 3.8) is 0 Å². The number of aliphatic carboxylic acids is 1. The molecule has 6 heteroatoms. The van der Waals surface area contributed by atoms with Gasteiger partial charge in [0.05, 0.1) is 6.42 Å². The Balaban J connectivity index is 2.37. The number of benzene rings is 1. The molecule has 6 nitrogen and oxygen atoms in total. The Bertz CT molecular complexity index is 392. The van der Waals surface area contributed by atoms with Gasteiger partial charge >= 0.3 is 5.97 Å². The molecular formula is C10H12N2O4. The fourth-order valence-corrected chi connectivity index (χ4v) is 1.10. The Hall–Kier alpha value is -2.08. The smallest absolute Gasteiger partial charge is 0.332 e. The molecule has 1 aromatic carbocycles. The second-order valence-corrected chi connectivity index (χ2v) is 3.13. The van der Waals surface area contributed by atoms with Crippen LogP contribution >= 0.6 is 0 Å². The van der Waals surface area contributed by atoms with E-state index in [1.54, 1.807) is 24.3 Å². The SMILES string of the molecule is Nc1cccc(CC(=O)NOCC(=O)O)c1. The molecule has 0 saturated carbocycles. The number of hydrogen-bond donors (Lipinski definition) is 3. The van der Waals surface area contributed by atoms with Crippen molar-refractivity contribution in [3.05, 3.63) is 29.8 Å². The Morgan fingerprint density at radius 1 is 1.44 bits per heavy atom. The third kappa shape index (κ3) is 4.43. The van der Waals surface area contributed by atoms with Gasteiger partial charge in [0, 0.05) is 5.69 Å². The van der Waals surface area contributed by atoms with Crippen LogP contribution in [0.25, 0.3) is 0 Å². The summed E-state index contributed by atoms with van der Waals surface area (Å²) in [6, 6.07) is 6.85. The van der Waals surface area contributed by atoms with Crippen molar-refractivity contribution in [3.8, 4) is 0 Å². The summed E-state index contributed by atoms with van der Waals surface area (Å²) < 4.78 is 0. The zero-order valence-corrected chi connectivity index (χ0v) is 8.47. The number of carboxylic acids is 1. The zero-order valence-electron chi connectivity index (χ0n) is 8.47. The van der Waals surface area contributed by atoms with E-state index in [1.165, 1.54) is 0 Å². The number of carboxylic acid groups (broad SMARTS) is 1. The van der Waals surface area contributed by atoms with Crippen LogP contribution in [0.4, 0.5) is 5.69 Å². The molecular weight excluding hydrogens is 212 g/mol. The summed E-state index contributed by atoms with van der Waals surface area (Å²) in [5, 5.41) is 8.26. The number of anilines is 1. The number of carbonyl (C=O) groups is 2. The largest absolute Gasteiger partial charge is 0.479 e. The van der Waals surface area contributed by atoms with Crippen LogP contribution in [0.1, 0.15) is 5.56 Å². The fraction of sp³-hybridized carbons (Fsp3) is 0.200. The number of hydrogen-bond acceptors (Lipinski definition) is 4. The molecule has 0 heterocycles. The number of rotatable bonds is 5. The average molecular weight is 224 g/mol. The van der Waals surface area contributed by atoms with Gasteiger partial charge in [-0.15, -0.1) is 0 Å². The van der Waals surface area contributed by atoms with E-state index < -0.39 is 18.5 Å². The van der Waals surface area contributed by atoms with E-state index in [9.17, 15) is 9.59 Å². The fourth-order valence-electron chi connectivity index (χ4n) is 1.10. The number of nitrogen functional groups attached to an aromatic ring is 1. The summed E-state index contributed by atoms with van der Waals surface area (Å²) in [7, 11) is 0. The van der Waals surface area contributed by atoms with Gasteiger partial charge in [0.2, 0.25) is 5.91 Å². The molecule has 0 bridgehead atoms. The van der Waals surface area contributed by atoms with Crippen LogP contribution < -0.4 is 11.2 Å². The van der Waals surface area contributed by atoms with Gasteiger partial charge < -0.3 is 10.8 Å². The molecule has 0 aliphatic carbocycles. The van der Waals surface area contributed by atoms with Gasteiger partial charge in [-0.2, -0.15) is 0 Å². The Labute approximate surface area is 92.0 Å². The van der Waals surface area contributed by atoms with Crippen molar-refractivity contribution in [2.75, 3.05) is 12.3 Å². The van der Waals surface area contributed by atoms with E-state index >= 15 is 0 Å². The van der Waals surface area contributed by atoms with E-state index in [0.717, 1.165) is 5.56 Å². The molecule has 0 aliphatic heterocycles. The van der Waals surface area contributed by atoms with Crippen LogP contribution in [-0.2, 0) is 20.8 Å². The van der Waals surface area contributed by atoms with Gasteiger partial charge in [0.1, 0.15) is 0 Å². The quantitative estimate of drug-likeness (QED) is 0.480. The highest BCUT2D eigenvalue weighted by atomic mass is 16.7. The van der Waals surface area contributed by atoms with Crippen LogP contribution in [-0.4, -0.2) is 23.6 Å². The maximum Gasteiger partial charge on any atom is 0.332 e. The number of amides is 1. The van der Waals surface area contributed by atoms with Crippen molar-refractivity contribution in [1.29, 1.82) is 0 Å². The molecule has 0 aromatic heterocycles. The van der Waals surface area contributed by atoms with Crippen molar-refractivity contribution < 1.29 is 19.5 Å². The van der Waals surface area contributed by atoms with Crippen molar-refractivity contribution >= 4 is 17.6 Å². The summed E-state index contributed by atoms with van der Waals surface area (Å²) in [6.07, 6.45) is 0.0880. The predicted octanol–water partition coefficient (Wildman–Crippen LogP) is -0.0563. The topological polar surface area (TPSA) is 102 Å². The molecule has 0 fully saturated rings. The second-order valence-electron chi connectivity index (χ2n) is 3.13. The van der Waals surface area contributed by atoms with Crippen LogP contribution in [0, 0.1) is 0 Å². The summed E-state index contributed by atoms with van der Waals surface area (Å²) in [5.41, 5.74) is 8.85. The molecule has 1 aromatic rings. The van der Waals surface area contributed by atoms with Gasteiger partial charge in [-0.1, -0.05) is 12.1 Å². The molecule has 86 valence electrons. The van der Waals surface area contributed by atoms with Crippen molar-refractivity contribution in [1.82, 2.24) is 5.48 Å². The maximum atomic E-state index is 11.2. The molecule has 16 heavy (non-hydrogen) atoms. The summed E-state index contributed by atoms with van der Waals surface area (Å²) in [5.74, 6) is -1.57. The molecule has 0 radical (unpaired) electrons. The standard InChI is InChI=1S/C10H12N2O4/c11-8-3-1-2-7(4-8)5-9(13)12-16-6-10(14)15/h1-4H,5-6,11H2,(H,12,13)(H,14,15). The van der Waals surface area contributed by atoms with Gasteiger partial charge in [0.15, 0.2) is 6.61 Å². The molecule has 0 atom stereocenters. The van der Waals surface area contributed by atoms with Gasteiger partial charge in [-0.3, -0.25) is 9.63 Å². The van der Waals surface area contributed by atoms with Crippen LogP contribution in [0.3, 0.4) is 0 Å². The average Bonchev–Trinajstić information content (AvgIpc) is 2.16. The highest BCUT2D eigenvalue weighted by molar-refractivity contribution is 5.78. The lowest BCUT2D eigenvalue weighted by atomic mass is 10.1. The number of carbonyl (C=O) groups excluding carboxylic acids is 1. The first-order valence-electron chi connectivity index (χ1n) is 4.55. The molecule has 0 spiro atoms. The summed E-state index contributed by atoms with van der Waals surface area (Å²) in [4.78, 5) is 25.8. The number of nitrogens with two attached hydrogens (primary N) is 1. The second kappa shape index (κ2) is 5.72. The Kier molecular flexibility index (Phi) is 4.28. The lowest BCUT2D eigenvalue weighted by Crippen LogP contribution is -2.27. The Morgan fingerprint density at radius 3 is 2.81 bits per heavy atom. The highest BCUT2D eigenvalue weighted by Gasteiger charge is 2.04. The normalized spacial score (nSPS) is 9.75. The highest BCUT2D eigenvalue weighted by Crippen LogP contribution is 2.06. The van der Waals surface area contributed by atoms with Gasteiger partial charge in [-0.25, -0.2) is 10.3 Å². The summed E-state index contributed by atoms with van der Waals surface area (Å²) >= 11 is 0. The van der Waals surface area contributed by atoms with Crippen molar-refractivity contribution in [2.24, 2.45) is 0 Å². The molecule has 1 rings (SSSR count). The third-order valence-electron chi connectivity index (χ3n) is 1.70. The lowest BCUT2D eigenvalue weighted by molar-refractivity contribution is -0.149. The maximum absolute atomic E-state index is 11.2. The van der Waals surface area contributed by atoms with E-state index in [1.807, 2.05) is 5.48 Å². The minimum atomic E-state index is -1.15. The molecule has 0 aliphatic rings.